The molecule has 0 aromatic heterocycles. The monoisotopic (exact) mass is 1050 g/mol. The standard InChI is InChI=1S/C64H109NO10/c1-4-7-10-13-16-19-22-25-27-28-29-30-31-34-37-40-43-46-49-52-59(69)75-62-61(71)60(70)58(53-66)74-64(62)73-54-55(56(67)50-47-44-41-38-35-32-24-21-18-15-12-9-6-3)65-63(72)57(68)51-48-45-42-39-36-33-26-23-20-17-14-11-8-5-2/h7,10,16-17,19-20,23,25-27,29-30,34,37,47,50,55-58,60-62,64,66-68,70-71H,4-6,8-9,11-15,18,21-22,24,28,31-33,35-36,38-46,48-49,51-54H2,1-3H3,(H,65,72)/b10-7-,19-16-,20-17+,26-23+,27-25-,30-29-,37-34-,50-47+. The second kappa shape index (κ2) is 51.3. The van der Waals surface area contributed by atoms with Crippen molar-refractivity contribution in [2.75, 3.05) is 13.2 Å². The molecule has 8 unspecified atom stereocenters. The number of hydrogen-bond acceptors (Lipinski definition) is 10. The molecule has 11 heteroatoms. The Hall–Kier alpha value is -3.42. The molecule has 0 aromatic carbocycles. The van der Waals surface area contributed by atoms with Crippen LogP contribution in [-0.4, -0.2) is 99.6 Å². The van der Waals surface area contributed by atoms with Gasteiger partial charge in [-0.15, -0.1) is 0 Å². The molecule has 0 aliphatic carbocycles. The number of aliphatic hydroxyl groups excluding tert-OH is 5. The van der Waals surface area contributed by atoms with Gasteiger partial charge >= 0.3 is 5.97 Å². The van der Waals surface area contributed by atoms with Crippen LogP contribution in [0.25, 0.3) is 0 Å². The average Bonchev–Trinajstić information content (AvgIpc) is 3.41. The van der Waals surface area contributed by atoms with Crippen LogP contribution < -0.4 is 5.32 Å². The van der Waals surface area contributed by atoms with E-state index in [0.717, 1.165) is 109 Å². The maximum atomic E-state index is 13.4. The number of unbranched alkanes of at least 4 members (excludes halogenated alkanes) is 22. The van der Waals surface area contributed by atoms with E-state index in [-0.39, 0.29) is 19.4 Å². The first-order valence-corrected chi connectivity index (χ1v) is 30.0. The lowest BCUT2D eigenvalue weighted by atomic mass is 9.99. The molecule has 1 aliphatic heterocycles. The summed E-state index contributed by atoms with van der Waals surface area (Å²) in [4.78, 5) is 26.5. The van der Waals surface area contributed by atoms with Crippen LogP contribution in [-0.2, 0) is 23.8 Å². The summed E-state index contributed by atoms with van der Waals surface area (Å²) in [6.07, 6.45) is 57.2. The number of esters is 1. The molecule has 11 nitrogen and oxygen atoms in total. The summed E-state index contributed by atoms with van der Waals surface area (Å²) < 4.78 is 17.6. The van der Waals surface area contributed by atoms with Crippen molar-refractivity contribution in [3.63, 3.8) is 0 Å². The number of carbonyl (C=O) groups excluding carboxylic acids is 2. The molecule has 1 aliphatic rings. The smallest absolute Gasteiger partial charge is 0.306 e. The Kier molecular flexibility index (Phi) is 47.6. The number of nitrogens with one attached hydrogen (secondary N) is 1. The van der Waals surface area contributed by atoms with E-state index in [1.807, 2.05) is 6.08 Å². The first kappa shape index (κ1) is 69.6. The van der Waals surface area contributed by atoms with Gasteiger partial charge in [-0.3, -0.25) is 9.59 Å². The van der Waals surface area contributed by atoms with E-state index in [9.17, 15) is 35.1 Å². The van der Waals surface area contributed by atoms with Crippen molar-refractivity contribution in [1.29, 1.82) is 0 Å². The van der Waals surface area contributed by atoms with Crippen LogP contribution in [0, 0.1) is 0 Å². The normalized spacial score (nSPS) is 19.9. The molecular weight excluding hydrogens is 943 g/mol. The van der Waals surface area contributed by atoms with Crippen LogP contribution in [0.5, 0.6) is 0 Å². The SMILES string of the molecule is CC/C=C\C/C=C\C/C=C\C/C=C\C/C=C\CCCCCC(=O)OC1C(OCC(NC(=O)C(O)CCCCCCC/C=C/C=C/CCCCC)C(O)/C=C/CCCCCCCCCCCCC)OC(CO)C(O)C1O. The lowest BCUT2D eigenvalue weighted by molar-refractivity contribution is -0.305. The van der Waals surface area contributed by atoms with Crippen molar-refractivity contribution >= 4 is 11.9 Å². The summed E-state index contributed by atoms with van der Waals surface area (Å²) in [7, 11) is 0. The third-order valence-corrected chi connectivity index (χ3v) is 13.5. The van der Waals surface area contributed by atoms with E-state index in [4.69, 9.17) is 14.2 Å². The van der Waals surface area contributed by atoms with Crippen molar-refractivity contribution in [2.45, 2.75) is 282 Å². The molecule has 6 N–H and O–H groups in total. The van der Waals surface area contributed by atoms with Crippen molar-refractivity contribution in [2.24, 2.45) is 0 Å². The number of rotatable bonds is 49. The minimum absolute atomic E-state index is 0.0782. The third-order valence-electron chi connectivity index (χ3n) is 13.5. The fourth-order valence-electron chi connectivity index (χ4n) is 8.73. The van der Waals surface area contributed by atoms with E-state index in [1.54, 1.807) is 6.08 Å². The van der Waals surface area contributed by atoms with Gasteiger partial charge in [-0.25, -0.2) is 0 Å². The Morgan fingerprint density at radius 3 is 1.55 bits per heavy atom. The van der Waals surface area contributed by atoms with Gasteiger partial charge in [0, 0.05) is 6.42 Å². The molecule has 1 amide bonds. The van der Waals surface area contributed by atoms with E-state index >= 15 is 0 Å². The molecule has 1 heterocycles. The number of allylic oxidation sites excluding steroid dienone is 15. The van der Waals surface area contributed by atoms with Crippen molar-refractivity contribution in [3.05, 3.63) is 97.2 Å². The maximum Gasteiger partial charge on any atom is 0.306 e. The summed E-state index contributed by atoms with van der Waals surface area (Å²) >= 11 is 0. The van der Waals surface area contributed by atoms with E-state index in [2.05, 4.69) is 111 Å². The maximum absolute atomic E-state index is 13.4. The number of ether oxygens (including phenoxy) is 3. The number of amides is 1. The Balaban J connectivity index is 2.75. The van der Waals surface area contributed by atoms with Crippen LogP contribution in [0.3, 0.4) is 0 Å². The van der Waals surface area contributed by atoms with E-state index < -0.39 is 67.4 Å². The summed E-state index contributed by atoms with van der Waals surface area (Å²) in [6, 6.07) is -1.04. The van der Waals surface area contributed by atoms with Gasteiger partial charge in [0.15, 0.2) is 12.4 Å². The topological polar surface area (TPSA) is 175 Å². The molecule has 1 saturated heterocycles. The molecule has 0 bridgehead atoms. The van der Waals surface area contributed by atoms with Crippen LogP contribution >= 0.6 is 0 Å². The Labute approximate surface area is 456 Å². The van der Waals surface area contributed by atoms with Gasteiger partial charge in [-0.2, -0.15) is 0 Å². The molecule has 1 rings (SSSR count). The van der Waals surface area contributed by atoms with Crippen molar-refractivity contribution in [1.82, 2.24) is 5.32 Å². The third kappa shape index (κ3) is 39.6. The second-order valence-corrected chi connectivity index (χ2v) is 20.4. The van der Waals surface area contributed by atoms with Gasteiger partial charge in [0.25, 0.3) is 0 Å². The number of aliphatic hydroxyl groups is 5. The summed E-state index contributed by atoms with van der Waals surface area (Å²) in [5, 5.41) is 56.9. The molecule has 0 spiro atoms. The van der Waals surface area contributed by atoms with Gasteiger partial charge in [0.05, 0.1) is 25.4 Å². The fraction of sp³-hybridized carbons (Fsp3) is 0.719. The minimum Gasteiger partial charge on any atom is -0.454 e. The van der Waals surface area contributed by atoms with Gasteiger partial charge in [-0.1, -0.05) is 227 Å². The first-order chi connectivity index (χ1) is 36.7. The highest BCUT2D eigenvalue weighted by Gasteiger charge is 2.47. The van der Waals surface area contributed by atoms with Crippen LogP contribution in [0.1, 0.15) is 233 Å². The number of carbonyl (C=O) groups is 2. The molecule has 0 saturated carbocycles. The molecule has 8 atom stereocenters. The van der Waals surface area contributed by atoms with Crippen molar-refractivity contribution < 1.29 is 49.3 Å². The lowest BCUT2D eigenvalue weighted by Crippen LogP contribution is -2.61. The Morgan fingerprint density at radius 1 is 0.547 bits per heavy atom. The average molecular weight is 1050 g/mol. The van der Waals surface area contributed by atoms with E-state index in [0.29, 0.717) is 12.8 Å². The Morgan fingerprint density at radius 2 is 1.00 bits per heavy atom. The highest BCUT2D eigenvalue weighted by atomic mass is 16.7. The second-order valence-electron chi connectivity index (χ2n) is 20.4. The highest BCUT2D eigenvalue weighted by Crippen LogP contribution is 2.26. The van der Waals surface area contributed by atoms with E-state index in [1.165, 1.54) is 77.0 Å². The summed E-state index contributed by atoms with van der Waals surface area (Å²) in [6.45, 7) is 5.61. The zero-order valence-corrected chi connectivity index (χ0v) is 47.4. The number of hydrogen-bond donors (Lipinski definition) is 6. The molecular formula is C64H109NO10. The first-order valence-electron chi connectivity index (χ1n) is 30.0. The highest BCUT2D eigenvalue weighted by molar-refractivity contribution is 5.80. The zero-order chi connectivity index (χ0) is 54.7. The van der Waals surface area contributed by atoms with Gasteiger partial charge in [0.1, 0.15) is 24.4 Å². The predicted molar refractivity (Wildman–Crippen MR) is 310 cm³/mol. The summed E-state index contributed by atoms with van der Waals surface area (Å²) in [5.41, 5.74) is 0. The van der Waals surface area contributed by atoms with Gasteiger partial charge in [-0.05, 0) is 96.3 Å². The largest absolute Gasteiger partial charge is 0.454 e. The van der Waals surface area contributed by atoms with Crippen molar-refractivity contribution in [3.8, 4) is 0 Å². The van der Waals surface area contributed by atoms with Gasteiger partial charge in [0.2, 0.25) is 5.91 Å². The van der Waals surface area contributed by atoms with Crippen LogP contribution in [0.2, 0.25) is 0 Å². The van der Waals surface area contributed by atoms with Crippen LogP contribution in [0.15, 0.2) is 97.2 Å². The zero-order valence-electron chi connectivity index (χ0n) is 47.4. The molecule has 430 valence electrons. The summed E-state index contributed by atoms with van der Waals surface area (Å²) in [5.74, 6) is -1.25. The fourth-order valence-corrected chi connectivity index (χ4v) is 8.73. The predicted octanol–water partition coefficient (Wildman–Crippen LogP) is 13.9. The molecule has 1 fully saturated rings. The molecule has 0 aromatic rings. The molecule has 75 heavy (non-hydrogen) atoms. The minimum atomic E-state index is -1.63. The Bertz CT molecular complexity index is 1580. The van der Waals surface area contributed by atoms with Gasteiger partial charge < -0.3 is 45.1 Å². The van der Waals surface area contributed by atoms with Crippen LogP contribution in [0.4, 0.5) is 0 Å². The molecule has 0 radical (unpaired) electrons. The quantitative estimate of drug-likeness (QED) is 0.0149. The lowest BCUT2D eigenvalue weighted by Gasteiger charge is -2.41.